The fourth-order valence-corrected chi connectivity index (χ4v) is 9.32. The van der Waals surface area contributed by atoms with Crippen molar-refractivity contribution in [2.45, 2.75) is 329 Å². The molecule has 0 rings (SSSR count). The van der Waals surface area contributed by atoms with Crippen molar-refractivity contribution in [1.29, 1.82) is 0 Å². The van der Waals surface area contributed by atoms with Crippen LogP contribution in [0.15, 0.2) is 97.2 Å². The normalized spacial score (nSPS) is 12.7. The molecule has 0 amide bonds. The Morgan fingerprint density at radius 3 is 0.808 bits per heavy atom. The molecule has 0 spiro atoms. The fraction of sp³-hybridized carbons (Fsp3) is 0.736. The van der Waals surface area contributed by atoms with Gasteiger partial charge in [0.05, 0.1) is 0 Å². The van der Waals surface area contributed by atoms with E-state index in [-0.39, 0.29) is 37.5 Å². The molecule has 0 saturated carbocycles. The largest absolute Gasteiger partial charge is 0.462 e. The van der Waals surface area contributed by atoms with Gasteiger partial charge in [0, 0.05) is 19.3 Å². The maximum atomic E-state index is 12.9. The Hall–Kier alpha value is -3.67. The van der Waals surface area contributed by atoms with Crippen molar-refractivity contribution in [2.75, 3.05) is 13.2 Å². The van der Waals surface area contributed by atoms with Crippen molar-refractivity contribution in [3.05, 3.63) is 97.2 Å². The van der Waals surface area contributed by atoms with Gasteiger partial charge in [0.15, 0.2) is 6.10 Å². The molecule has 0 radical (unpaired) electrons. The molecule has 0 saturated heterocycles. The standard InChI is InChI=1S/C72H124O6/c1-4-7-10-13-16-19-22-25-28-31-33-34-35-36-37-38-40-41-44-47-50-53-56-59-62-65-71(74)77-68-69(67-76-70(73)64-61-58-55-52-49-46-43-30-27-24-21-18-15-12-9-6-3)78-72(75)66-63-60-57-54-51-48-45-42-39-32-29-26-23-20-17-14-11-8-5-2/h8,11,17,20,22,25-26,29-31,33,39,42-43,48,51,69H,4-7,9-10,12-16,18-19,21,23-24,27-28,32,34-38,40-41,44-47,49-50,52-68H2,1-3H3/b11-8-,20-17-,25-22-,29-26-,33-31-,42-39-,43-30-,51-48-. The molecule has 448 valence electrons. The Kier molecular flexibility index (Phi) is 62.7. The van der Waals surface area contributed by atoms with E-state index in [1.807, 2.05) is 0 Å². The van der Waals surface area contributed by atoms with Crippen LogP contribution < -0.4 is 0 Å². The predicted molar refractivity (Wildman–Crippen MR) is 339 cm³/mol. The number of unbranched alkanes of at least 4 members (excludes halogenated alkanes) is 33. The van der Waals surface area contributed by atoms with Gasteiger partial charge in [0.25, 0.3) is 0 Å². The summed E-state index contributed by atoms with van der Waals surface area (Å²) in [6, 6.07) is 0. The molecule has 0 aliphatic rings. The van der Waals surface area contributed by atoms with Crippen molar-refractivity contribution < 1.29 is 28.6 Å². The molecule has 1 atom stereocenters. The van der Waals surface area contributed by atoms with E-state index in [1.165, 1.54) is 173 Å². The Morgan fingerprint density at radius 1 is 0.269 bits per heavy atom. The fourth-order valence-electron chi connectivity index (χ4n) is 9.32. The van der Waals surface area contributed by atoms with Crippen LogP contribution in [0.4, 0.5) is 0 Å². The van der Waals surface area contributed by atoms with Gasteiger partial charge in [-0.1, -0.05) is 279 Å². The first-order valence-corrected chi connectivity index (χ1v) is 33.2. The van der Waals surface area contributed by atoms with Crippen LogP contribution in [0.5, 0.6) is 0 Å². The highest BCUT2D eigenvalue weighted by Gasteiger charge is 2.19. The highest BCUT2D eigenvalue weighted by atomic mass is 16.6. The summed E-state index contributed by atoms with van der Waals surface area (Å²) in [6.07, 6.45) is 88.5. The average molecular weight is 1090 g/mol. The van der Waals surface area contributed by atoms with Crippen LogP contribution in [0.25, 0.3) is 0 Å². The lowest BCUT2D eigenvalue weighted by atomic mass is 10.0. The van der Waals surface area contributed by atoms with Crippen molar-refractivity contribution in [2.24, 2.45) is 0 Å². The summed E-state index contributed by atoms with van der Waals surface area (Å²) >= 11 is 0. The smallest absolute Gasteiger partial charge is 0.306 e. The topological polar surface area (TPSA) is 78.9 Å². The molecule has 0 heterocycles. The van der Waals surface area contributed by atoms with Gasteiger partial charge in [-0.3, -0.25) is 14.4 Å². The second kappa shape index (κ2) is 65.8. The van der Waals surface area contributed by atoms with Gasteiger partial charge in [0.2, 0.25) is 0 Å². The summed E-state index contributed by atoms with van der Waals surface area (Å²) in [5.74, 6) is -0.923. The number of carbonyl (C=O) groups excluding carboxylic acids is 3. The highest BCUT2D eigenvalue weighted by Crippen LogP contribution is 2.16. The number of hydrogen-bond acceptors (Lipinski definition) is 6. The first-order chi connectivity index (χ1) is 38.5. The second-order valence-corrected chi connectivity index (χ2v) is 22.0. The molecule has 6 heteroatoms. The monoisotopic (exact) mass is 1080 g/mol. The molecule has 0 N–H and O–H groups in total. The highest BCUT2D eigenvalue weighted by molar-refractivity contribution is 5.71. The number of esters is 3. The van der Waals surface area contributed by atoms with Crippen LogP contribution in [-0.2, 0) is 28.6 Å². The minimum absolute atomic E-state index is 0.0930. The lowest BCUT2D eigenvalue weighted by Gasteiger charge is -2.18. The van der Waals surface area contributed by atoms with Crippen LogP contribution in [0.3, 0.4) is 0 Å². The third kappa shape index (κ3) is 63.2. The molecular weight excluding hydrogens is 961 g/mol. The van der Waals surface area contributed by atoms with E-state index in [1.54, 1.807) is 0 Å². The molecule has 6 nitrogen and oxygen atoms in total. The Morgan fingerprint density at radius 2 is 0.500 bits per heavy atom. The number of hydrogen-bond donors (Lipinski definition) is 0. The predicted octanol–water partition coefficient (Wildman–Crippen LogP) is 22.8. The van der Waals surface area contributed by atoms with E-state index < -0.39 is 6.10 Å². The SMILES string of the molecule is CC/C=C\C/C=C\C/C=C\C/C=C\C/C=C\CCCCCC(=O)OC(COC(=O)CCCCCCC/C=C\CCCCCCCCC)COC(=O)CCCCCCCCCCCCCCC/C=C\C/C=C\CCCCCCC. The molecule has 0 bridgehead atoms. The number of rotatable bonds is 60. The van der Waals surface area contributed by atoms with Gasteiger partial charge in [-0.25, -0.2) is 0 Å². The summed E-state index contributed by atoms with van der Waals surface area (Å²) in [5, 5.41) is 0. The minimum Gasteiger partial charge on any atom is -0.462 e. The minimum atomic E-state index is -0.801. The van der Waals surface area contributed by atoms with E-state index >= 15 is 0 Å². The quantitative estimate of drug-likeness (QED) is 0.0261. The van der Waals surface area contributed by atoms with Gasteiger partial charge >= 0.3 is 17.9 Å². The summed E-state index contributed by atoms with van der Waals surface area (Å²) in [4.78, 5) is 38.4. The molecule has 0 aliphatic carbocycles. The Labute approximate surface area is 483 Å². The molecule has 0 aromatic carbocycles. The Balaban J connectivity index is 4.39. The molecular formula is C72H124O6. The third-order valence-corrected chi connectivity index (χ3v) is 14.3. The van der Waals surface area contributed by atoms with E-state index in [2.05, 4.69) is 118 Å². The van der Waals surface area contributed by atoms with Crippen LogP contribution in [0.2, 0.25) is 0 Å². The molecule has 78 heavy (non-hydrogen) atoms. The summed E-state index contributed by atoms with van der Waals surface area (Å²) < 4.78 is 16.9. The molecule has 0 fully saturated rings. The zero-order chi connectivity index (χ0) is 56.4. The molecule has 1 unspecified atom stereocenters. The van der Waals surface area contributed by atoms with Crippen molar-refractivity contribution in [3.63, 3.8) is 0 Å². The maximum absolute atomic E-state index is 12.9. The number of carbonyl (C=O) groups is 3. The molecule has 0 aliphatic heterocycles. The first-order valence-electron chi connectivity index (χ1n) is 33.2. The van der Waals surface area contributed by atoms with Crippen LogP contribution in [-0.4, -0.2) is 37.2 Å². The van der Waals surface area contributed by atoms with Gasteiger partial charge in [-0.2, -0.15) is 0 Å². The summed E-state index contributed by atoms with van der Waals surface area (Å²) in [5.41, 5.74) is 0. The molecule has 0 aromatic rings. The summed E-state index contributed by atoms with van der Waals surface area (Å²) in [7, 11) is 0. The van der Waals surface area contributed by atoms with Crippen LogP contribution >= 0.6 is 0 Å². The lowest BCUT2D eigenvalue weighted by molar-refractivity contribution is -0.167. The maximum Gasteiger partial charge on any atom is 0.306 e. The number of ether oxygens (including phenoxy) is 3. The third-order valence-electron chi connectivity index (χ3n) is 14.3. The zero-order valence-electron chi connectivity index (χ0n) is 51.4. The van der Waals surface area contributed by atoms with E-state index in [0.717, 1.165) is 109 Å². The van der Waals surface area contributed by atoms with Gasteiger partial charge in [-0.15, -0.1) is 0 Å². The van der Waals surface area contributed by atoms with Crippen LogP contribution in [0.1, 0.15) is 323 Å². The van der Waals surface area contributed by atoms with Crippen molar-refractivity contribution in [3.8, 4) is 0 Å². The molecule has 0 aromatic heterocycles. The van der Waals surface area contributed by atoms with E-state index in [9.17, 15) is 14.4 Å². The van der Waals surface area contributed by atoms with E-state index in [4.69, 9.17) is 14.2 Å². The van der Waals surface area contributed by atoms with Crippen LogP contribution in [0, 0.1) is 0 Å². The second-order valence-electron chi connectivity index (χ2n) is 22.0. The van der Waals surface area contributed by atoms with Crippen molar-refractivity contribution >= 4 is 17.9 Å². The van der Waals surface area contributed by atoms with Crippen molar-refractivity contribution in [1.82, 2.24) is 0 Å². The van der Waals surface area contributed by atoms with Gasteiger partial charge in [0.1, 0.15) is 13.2 Å². The van der Waals surface area contributed by atoms with Gasteiger partial charge < -0.3 is 14.2 Å². The Bertz CT molecular complexity index is 1530. The first kappa shape index (κ1) is 74.3. The number of allylic oxidation sites excluding steroid dienone is 16. The van der Waals surface area contributed by atoms with Gasteiger partial charge in [-0.05, 0) is 122 Å². The average Bonchev–Trinajstić information content (AvgIpc) is 3.44. The van der Waals surface area contributed by atoms with E-state index in [0.29, 0.717) is 12.8 Å². The lowest BCUT2D eigenvalue weighted by Crippen LogP contribution is -2.30. The zero-order valence-corrected chi connectivity index (χ0v) is 51.4. The summed E-state index contributed by atoms with van der Waals surface area (Å²) in [6.45, 7) is 6.51.